The zero-order valence-corrected chi connectivity index (χ0v) is 17.3. The number of likely N-dealkylation sites (tertiary alicyclic amines) is 2. The van der Waals surface area contributed by atoms with Crippen molar-refractivity contribution in [2.45, 2.75) is 45.1 Å². The lowest BCUT2D eigenvalue weighted by Gasteiger charge is -2.35. The fourth-order valence-corrected chi connectivity index (χ4v) is 4.15. The van der Waals surface area contributed by atoms with E-state index in [4.69, 9.17) is 0 Å². The molecule has 3 rings (SSSR count). The SMILES string of the molecule is O=C(CN1CCC(C(=O)N2CCCCC2)CC1)NCCc1ccc(OC(F)F)cc1. The van der Waals surface area contributed by atoms with Gasteiger partial charge in [-0.25, -0.2) is 0 Å². The van der Waals surface area contributed by atoms with Crippen LogP contribution in [-0.4, -0.2) is 67.5 Å². The maximum absolute atomic E-state index is 12.6. The molecule has 0 aliphatic carbocycles. The van der Waals surface area contributed by atoms with E-state index in [-0.39, 0.29) is 17.6 Å². The van der Waals surface area contributed by atoms with Gasteiger partial charge in [0.1, 0.15) is 5.75 Å². The molecule has 166 valence electrons. The molecule has 6 nitrogen and oxygen atoms in total. The van der Waals surface area contributed by atoms with Gasteiger partial charge >= 0.3 is 6.61 Å². The normalized spacial score (nSPS) is 18.4. The minimum absolute atomic E-state index is 0.0338. The first kappa shape index (κ1) is 22.5. The van der Waals surface area contributed by atoms with Crippen molar-refractivity contribution in [2.24, 2.45) is 5.92 Å². The van der Waals surface area contributed by atoms with Crippen molar-refractivity contribution < 1.29 is 23.1 Å². The molecule has 2 saturated heterocycles. The molecule has 2 aliphatic heterocycles. The zero-order chi connectivity index (χ0) is 21.3. The molecule has 0 aromatic heterocycles. The van der Waals surface area contributed by atoms with Crippen LogP contribution >= 0.6 is 0 Å². The Bertz CT molecular complexity index is 685. The topological polar surface area (TPSA) is 61.9 Å². The maximum Gasteiger partial charge on any atom is 0.387 e. The van der Waals surface area contributed by atoms with Crippen molar-refractivity contribution in [1.82, 2.24) is 15.1 Å². The molecule has 0 saturated carbocycles. The van der Waals surface area contributed by atoms with Crippen LogP contribution < -0.4 is 10.1 Å². The number of alkyl halides is 2. The number of amides is 2. The average Bonchev–Trinajstić information content (AvgIpc) is 2.75. The highest BCUT2D eigenvalue weighted by molar-refractivity contribution is 5.79. The Morgan fingerprint density at radius 1 is 1.03 bits per heavy atom. The van der Waals surface area contributed by atoms with Gasteiger partial charge in [0, 0.05) is 25.6 Å². The van der Waals surface area contributed by atoms with Gasteiger partial charge in [-0.1, -0.05) is 12.1 Å². The van der Waals surface area contributed by atoms with Crippen LogP contribution in [0.4, 0.5) is 8.78 Å². The van der Waals surface area contributed by atoms with Gasteiger partial charge in [-0.15, -0.1) is 0 Å². The second-order valence-corrected chi connectivity index (χ2v) is 8.06. The van der Waals surface area contributed by atoms with E-state index in [1.165, 1.54) is 18.6 Å². The number of rotatable bonds is 8. The fraction of sp³-hybridized carbons (Fsp3) is 0.636. The first-order chi connectivity index (χ1) is 14.5. The summed E-state index contributed by atoms with van der Waals surface area (Å²) in [4.78, 5) is 28.9. The van der Waals surface area contributed by atoms with Gasteiger partial charge in [-0.2, -0.15) is 8.78 Å². The molecule has 8 heteroatoms. The van der Waals surface area contributed by atoms with E-state index in [1.54, 1.807) is 12.1 Å². The number of carbonyl (C=O) groups is 2. The molecule has 2 amide bonds. The van der Waals surface area contributed by atoms with E-state index in [0.717, 1.165) is 57.4 Å². The van der Waals surface area contributed by atoms with Gasteiger partial charge in [0.15, 0.2) is 0 Å². The molecule has 0 unspecified atom stereocenters. The van der Waals surface area contributed by atoms with Crippen molar-refractivity contribution >= 4 is 11.8 Å². The van der Waals surface area contributed by atoms with E-state index in [9.17, 15) is 18.4 Å². The molecular formula is C22H31F2N3O3. The standard InChI is InChI=1S/C22H31F2N3O3/c23-22(24)30-19-6-4-17(5-7-19)8-11-25-20(28)16-26-14-9-18(10-15-26)21(29)27-12-2-1-3-13-27/h4-7,18,22H,1-3,8-16H2,(H,25,28). The van der Waals surface area contributed by atoms with Crippen LogP contribution in [0.25, 0.3) is 0 Å². The number of halogens is 2. The van der Waals surface area contributed by atoms with Crippen LogP contribution in [0, 0.1) is 5.92 Å². The van der Waals surface area contributed by atoms with E-state index < -0.39 is 6.61 Å². The lowest BCUT2D eigenvalue weighted by atomic mass is 9.94. The number of benzene rings is 1. The molecule has 0 radical (unpaired) electrons. The van der Waals surface area contributed by atoms with Gasteiger partial charge in [0.25, 0.3) is 0 Å². The Kier molecular flexibility index (Phi) is 8.42. The van der Waals surface area contributed by atoms with Crippen molar-refractivity contribution in [1.29, 1.82) is 0 Å². The van der Waals surface area contributed by atoms with Crippen LogP contribution in [-0.2, 0) is 16.0 Å². The summed E-state index contributed by atoms with van der Waals surface area (Å²) in [6.07, 6.45) is 5.69. The third-order valence-electron chi connectivity index (χ3n) is 5.86. The molecule has 30 heavy (non-hydrogen) atoms. The Balaban J connectivity index is 1.31. The second-order valence-electron chi connectivity index (χ2n) is 8.06. The van der Waals surface area contributed by atoms with E-state index in [2.05, 4.69) is 15.0 Å². The monoisotopic (exact) mass is 423 g/mol. The maximum atomic E-state index is 12.6. The van der Waals surface area contributed by atoms with Crippen LogP contribution in [0.1, 0.15) is 37.7 Å². The molecular weight excluding hydrogens is 392 g/mol. The fourth-order valence-electron chi connectivity index (χ4n) is 4.15. The quantitative estimate of drug-likeness (QED) is 0.698. The number of nitrogens with one attached hydrogen (secondary N) is 1. The lowest BCUT2D eigenvalue weighted by Crippen LogP contribution is -2.46. The van der Waals surface area contributed by atoms with Gasteiger partial charge < -0.3 is 15.0 Å². The summed E-state index contributed by atoms with van der Waals surface area (Å²) >= 11 is 0. The molecule has 1 aromatic rings. The van der Waals surface area contributed by atoms with Crippen LogP contribution in [0.5, 0.6) is 5.75 Å². The predicted molar refractivity (Wildman–Crippen MR) is 109 cm³/mol. The molecule has 0 spiro atoms. The molecule has 0 bridgehead atoms. The first-order valence-electron chi connectivity index (χ1n) is 10.8. The summed E-state index contributed by atoms with van der Waals surface area (Å²) in [5, 5.41) is 2.90. The highest BCUT2D eigenvalue weighted by Gasteiger charge is 2.29. The third-order valence-corrected chi connectivity index (χ3v) is 5.86. The smallest absolute Gasteiger partial charge is 0.387 e. The first-order valence-corrected chi connectivity index (χ1v) is 10.8. The molecule has 1 aromatic carbocycles. The number of hydrogen-bond acceptors (Lipinski definition) is 4. The summed E-state index contributed by atoms with van der Waals surface area (Å²) in [7, 11) is 0. The van der Waals surface area contributed by atoms with E-state index in [1.807, 2.05) is 4.90 Å². The van der Waals surface area contributed by atoms with Crippen molar-refractivity contribution in [3.8, 4) is 5.75 Å². The summed E-state index contributed by atoms with van der Waals surface area (Å²) < 4.78 is 28.6. The van der Waals surface area contributed by atoms with Crippen molar-refractivity contribution in [2.75, 3.05) is 39.3 Å². The van der Waals surface area contributed by atoms with Gasteiger partial charge in [-0.05, 0) is 69.3 Å². The van der Waals surface area contributed by atoms with Crippen LogP contribution in [0.3, 0.4) is 0 Å². The van der Waals surface area contributed by atoms with E-state index in [0.29, 0.717) is 25.4 Å². The number of hydrogen-bond donors (Lipinski definition) is 1. The minimum Gasteiger partial charge on any atom is -0.435 e. The molecule has 2 aliphatic rings. The van der Waals surface area contributed by atoms with Gasteiger partial charge in [0.05, 0.1) is 6.54 Å². The van der Waals surface area contributed by atoms with Gasteiger partial charge in [0.2, 0.25) is 11.8 Å². The van der Waals surface area contributed by atoms with E-state index >= 15 is 0 Å². The number of carbonyl (C=O) groups excluding carboxylic acids is 2. The number of nitrogens with zero attached hydrogens (tertiary/aromatic N) is 2. The van der Waals surface area contributed by atoms with Crippen molar-refractivity contribution in [3.63, 3.8) is 0 Å². The Labute approximate surface area is 176 Å². The van der Waals surface area contributed by atoms with Crippen molar-refractivity contribution in [3.05, 3.63) is 29.8 Å². The highest BCUT2D eigenvalue weighted by Crippen LogP contribution is 2.21. The predicted octanol–water partition coefficient (Wildman–Crippen LogP) is 2.67. The minimum atomic E-state index is -2.83. The molecule has 0 atom stereocenters. The molecule has 1 N–H and O–H groups in total. The molecule has 2 heterocycles. The van der Waals surface area contributed by atoms with Crippen LogP contribution in [0.15, 0.2) is 24.3 Å². The highest BCUT2D eigenvalue weighted by atomic mass is 19.3. The average molecular weight is 424 g/mol. The third kappa shape index (κ3) is 6.93. The Morgan fingerprint density at radius 3 is 2.33 bits per heavy atom. The Morgan fingerprint density at radius 2 is 1.70 bits per heavy atom. The summed E-state index contributed by atoms with van der Waals surface area (Å²) in [5.74, 6) is 0.483. The second kappa shape index (κ2) is 11.2. The summed E-state index contributed by atoms with van der Waals surface area (Å²) in [6.45, 7) is 1.31. The van der Waals surface area contributed by atoms with Crippen LogP contribution in [0.2, 0.25) is 0 Å². The summed E-state index contributed by atoms with van der Waals surface area (Å²) in [5.41, 5.74) is 0.939. The lowest BCUT2D eigenvalue weighted by molar-refractivity contribution is -0.138. The number of ether oxygens (including phenoxy) is 1. The summed E-state index contributed by atoms with van der Waals surface area (Å²) in [6, 6.07) is 6.43. The van der Waals surface area contributed by atoms with Gasteiger partial charge in [-0.3, -0.25) is 14.5 Å². The zero-order valence-electron chi connectivity index (χ0n) is 17.3. The number of piperidine rings is 2. The molecule has 2 fully saturated rings. The Hall–Kier alpha value is -2.22. The largest absolute Gasteiger partial charge is 0.435 e.